The lowest BCUT2D eigenvalue weighted by molar-refractivity contribution is 0.415. The molecule has 2 nitrogen and oxygen atoms in total. The summed E-state index contributed by atoms with van der Waals surface area (Å²) in [6, 6.07) is 37.7. The summed E-state index contributed by atoms with van der Waals surface area (Å²) in [5.41, 5.74) is 20.6. The van der Waals surface area contributed by atoms with Crippen molar-refractivity contribution in [2.75, 3.05) is 14.2 Å². The van der Waals surface area contributed by atoms with E-state index in [4.69, 9.17) is 9.47 Å². The lowest BCUT2D eigenvalue weighted by Gasteiger charge is -2.34. The standard InChI is InChI=1S/C46H34B2O2Si/c1-23-15-29-33-18-24(49-2)16-31-26-11-8-10-14-37(26)48(45(31)33)39-21-35-40(51(4,5)6)22-30-34-19-25(50-3)17-32-27-12-7-9-13-36(27)47(46(32)34)38-20-28(23)43(41(29)39)44(35)42(30)38/h7-22H,1-6H3. The van der Waals surface area contributed by atoms with Crippen LogP contribution < -0.4 is 47.4 Å². The molecule has 4 aliphatic heterocycles. The van der Waals surface area contributed by atoms with Gasteiger partial charge >= 0.3 is 0 Å². The Bertz CT molecular complexity index is 2950. The maximum Gasteiger partial charge on any atom is 0.244 e. The minimum Gasteiger partial charge on any atom is -0.497 e. The lowest BCUT2D eigenvalue weighted by atomic mass is 9.34. The minimum atomic E-state index is -1.86. The van der Waals surface area contributed by atoms with Gasteiger partial charge in [-0.25, -0.2) is 0 Å². The molecule has 0 amide bonds. The van der Waals surface area contributed by atoms with Gasteiger partial charge in [0.2, 0.25) is 13.4 Å². The average molecular weight is 668 g/mol. The molecule has 4 heterocycles. The molecule has 240 valence electrons. The number of hydrogen-bond donors (Lipinski definition) is 0. The third-order valence-corrected chi connectivity index (χ3v) is 14.9. The highest BCUT2D eigenvalue weighted by Gasteiger charge is 2.45. The van der Waals surface area contributed by atoms with Gasteiger partial charge in [0.1, 0.15) is 11.5 Å². The Kier molecular flexibility index (Phi) is 5.10. The predicted molar refractivity (Wildman–Crippen MR) is 222 cm³/mol. The molecule has 0 unspecified atom stereocenters. The number of methoxy groups -OCH3 is 2. The van der Waals surface area contributed by atoms with Gasteiger partial charge in [-0.2, -0.15) is 0 Å². The molecule has 0 spiro atoms. The van der Waals surface area contributed by atoms with Gasteiger partial charge in [0.25, 0.3) is 0 Å². The van der Waals surface area contributed by atoms with Crippen molar-refractivity contribution in [3.05, 3.63) is 103 Å². The summed E-state index contributed by atoms with van der Waals surface area (Å²) < 4.78 is 12.0. The van der Waals surface area contributed by atoms with Crippen LogP contribution in [0.1, 0.15) is 5.56 Å². The SMILES string of the molecule is COc1cc2c3c(c1)-c1cc(C)c4cc5c6c(cc([Si](C)(C)C)c7cc(c1c4c76)B3c1ccccc1-2)-c1cc(OC)cc2c1B5c1ccccc1-2. The number of rotatable bonds is 3. The molecule has 8 aromatic carbocycles. The zero-order chi connectivity index (χ0) is 34.2. The van der Waals surface area contributed by atoms with E-state index >= 15 is 0 Å². The van der Waals surface area contributed by atoms with Crippen molar-refractivity contribution < 1.29 is 9.47 Å². The Hall–Kier alpha value is -5.25. The molecule has 12 rings (SSSR count). The van der Waals surface area contributed by atoms with Gasteiger partial charge < -0.3 is 9.47 Å². The van der Waals surface area contributed by atoms with Crippen molar-refractivity contribution >= 4 is 91.8 Å². The zero-order valence-corrected chi connectivity index (χ0v) is 30.7. The first-order valence-corrected chi connectivity index (χ1v) is 21.7. The van der Waals surface area contributed by atoms with Crippen LogP contribution in [0.2, 0.25) is 19.6 Å². The van der Waals surface area contributed by atoms with E-state index in [1.165, 1.54) is 115 Å². The molecule has 51 heavy (non-hydrogen) atoms. The van der Waals surface area contributed by atoms with Gasteiger partial charge in [0.15, 0.2) is 0 Å². The molecule has 0 atom stereocenters. The molecule has 0 bridgehead atoms. The van der Waals surface area contributed by atoms with Gasteiger partial charge in [0, 0.05) is 0 Å². The van der Waals surface area contributed by atoms with Crippen LogP contribution in [-0.4, -0.2) is 35.7 Å². The molecule has 0 saturated heterocycles. The van der Waals surface area contributed by atoms with Crippen LogP contribution in [0.25, 0.3) is 76.8 Å². The highest BCUT2D eigenvalue weighted by molar-refractivity contribution is 7.03. The van der Waals surface area contributed by atoms with Crippen LogP contribution in [0, 0.1) is 6.92 Å². The van der Waals surface area contributed by atoms with Crippen LogP contribution in [0.4, 0.5) is 0 Å². The number of fused-ring (bicyclic) bond motifs is 10. The third-order valence-electron chi connectivity index (χ3n) is 12.9. The van der Waals surface area contributed by atoms with E-state index in [0.717, 1.165) is 11.5 Å². The Balaban J connectivity index is 1.33. The molecular weight excluding hydrogens is 634 g/mol. The molecule has 0 aliphatic carbocycles. The summed E-state index contributed by atoms with van der Waals surface area (Å²) in [5, 5.41) is 10.1. The number of hydrogen-bond acceptors (Lipinski definition) is 2. The predicted octanol–water partition coefficient (Wildman–Crippen LogP) is 6.41. The molecule has 0 aromatic heterocycles. The van der Waals surface area contributed by atoms with Gasteiger partial charge in [-0.3, -0.25) is 0 Å². The number of ether oxygens (including phenoxy) is 2. The van der Waals surface area contributed by atoms with Crippen LogP contribution in [0.15, 0.2) is 97.1 Å². The Labute approximate surface area is 299 Å². The Morgan fingerprint density at radius 2 is 0.902 bits per heavy atom. The molecule has 0 N–H and O–H groups in total. The molecule has 5 heteroatoms. The first kappa shape index (κ1) is 28.4. The van der Waals surface area contributed by atoms with Crippen LogP contribution in [0.5, 0.6) is 11.5 Å². The third kappa shape index (κ3) is 3.24. The average Bonchev–Trinajstić information content (AvgIpc) is 3.65. The maximum atomic E-state index is 6.03. The fourth-order valence-corrected chi connectivity index (χ4v) is 12.5. The van der Waals surface area contributed by atoms with E-state index in [2.05, 4.69) is 124 Å². The van der Waals surface area contributed by atoms with Crippen LogP contribution >= 0.6 is 0 Å². The Morgan fingerprint density at radius 1 is 0.451 bits per heavy atom. The molecule has 0 saturated carbocycles. The van der Waals surface area contributed by atoms with E-state index < -0.39 is 8.07 Å². The topological polar surface area (TPSA) is 18.5 Å². The maximum absolute atomic E-state index is 6.03. The fraction of sp³-hybridized carbons (Fsp3) is 0.130. The van der Waals surface area contributed by atoms with Crippen LogP contribution in [0.3, 0.4) is 0 Å². The Morgan fingerprint density at radius 3 is 1.41 bits per heavy atom. The van der Waals surface area contributed by atoms with Crippen molar-refractivity contribution in [3.63, 3.8) is 0 Å². The second-order valence-corrected chi connectivity index (χ2v) is 21.3. The van der Waals surface area contributed by atoms with Gasteiger partial charge in [-0.15, -0.1) is 0 Å². The largest absolute Gasteiger partial charge is 0.497 e. The molecule has 4 aliphatic rings. The monoisotopic (exact) mass is 668 g/mol. The van der Waals surface area contributed by atoms with Crippen molar-refractivity contribution in [2.45, 2.75) is 26.6 Å². The van der Waals surface area contributed by atoms with Gasteiger partial charge in [0.05, 0.1) is 22.3 Å². The fourth-order valence-electron chi connectivity index (χ4n) is 10.9. The summed E-state index contributed by atoms with van der Waals surface area (Å²) in [7, 11) is 1.75. The van der Waals surface area contributed by atoms with Crippen molar-refractivity contribution in [3.8, 4) is 56.0 Å². The zero-order valence-electron chi connectivity index (χ0n) is 29.7. The van der Waals surface area contributed by atoms with Crippen LogP contribution in [-0.2, 0) is 0 Å². The first-order chi connectivity index (χ1) is 24.8. The van der Waals surface area contributed by atoms with E-state index in [0.29, 0.717) is 0 Å². The summed E-state index contributed by atoms with van der Waals surface area (Å²) in [6.07, 6.45) is 0. The second kappa shape index (κ2) is 9.15. The summed E-state index contributed by atoms with van der Waals surface area (Å²) in [5.74, 6) is 1.85. The molecule has 0 radical (unpaired) electrons. The quantitative estimate of drug-likeness (QED) is 0.160. The van der Waals surface area contributed by atoms with Crippen molar-refractivity contribution in [1.29, 1.82) is 0 Å². The van der Waals surface area contributed by atoms with E-state index in [1.54, 1.807) is 12.3 Å². The van der Waals surface area contributed by atoms with Gasteiger partial charge in [-0.05, 0) is 114 Å². The van der Waals surface area contributed by atoms with Crippen molar-refractivity contribution in [2.24, 2.45) is 0 Å². The van der Waals surface area contributed by atoms with E-state index in [9.17, 15) is 0 Å². The van der Waals surface area contributed by atoms with E-state index in [1.807, 2.05) is 7.11 Å². The second-order valence-electron chi connectivity index (χ2n) is 16.3. The summed E-state index contributed by atoms with van der Waals surface area (Å²) >= 11 is 0. The number of benzene rings is 8. The first-order valence-electron chi connectivity index (χ1n) is 18.2. The lowest BCUT2D eigenvalue weighted by Crippen LogP contribution is -2.53. The van der Waals surface area contributed by atoms with Crippen molar-refractivity contribution in [1.82, 2.24) is 0 Å². The highest BCUT2D eigenvalue weighted by Crippen LogP contribution is 2.48. The normalized spacial score (nSPS) is 14.0. The van der Waals surface area contributed by atoms with E-state index in [-0.39, 0.29) is 13.4 Å². The summed E-state index contributed by atoms with van der Waals surface area (Å²) in [4.78, 5) is 0. The molecule has 0 fully saturated rings. The molecular formula is C46H34B2O2Si. The minimum absolute atomic E-state index is 0.189. The smallest absolute Gasteiger partial charge is 0.244 e. The highest BCUT2D eigenvalue weighted by atomic mass is 28.3. The number of aryl methyl sites for hydroxylation is 1. The van der Waals surface area contributed by atoms with Gasteiger partial charge in [-0.1, -0.05) is 130 Å². The molecule has 8 aromatic rings. The summed E-state index contributed by atoms with van der Waals surface area (Å²) in [6.45, 7) is 10.3.